The SMILES string of the molecule is CC1CN(S(=O)(=O)c2c(N)ncn2C)CC(CO)O1. The van der Waals surface area contributed by atoms with Crippen LogP contribution in [-0.4, -0.2) is 59.3 Å². The van der Waals surface area contributed by atoms with Gasteiger partial charge in [-0.1, -0.05) is 0 Å². The second kappa shape index (κ2) is 5.08. The number of hydrogen-bond donors (Lipinski definition) is 2. The fraction of sp³-hybridized carbons (Fsp3) is 0.700. The normalized spacial score (nSPS) is 25.6. The molecule has 0 aromatic carbocycles. The summed E-state index contributed by atoms with van der Waals surface area (Å²) in [5, 5.41) is 9.11. The Bertz CT molecular complexity index is 536. The van der Waals surface area contributed by atoms with Crippen LogP contribution in [0.3, 0.4) is 0 Å². The third-order valence-electron chi connectivity index (χ3n) is 2.99. The monoisotopic (exact) mass is 290 g/mol. The maximum absolute atomic E-state index is 12.5. The van der Waals surface area contributed by atoms with Crippen molar-refractivity contribution in [3.8, 4) is 0 Å². The van der Waals surface area contributed by atoms with Gasteiger partial charge in [0, 0.05) is 20.1 Å². The first-order chi connectivity index (χ1) is 8.86. The molecular weight excluding hydrogens is 272 g/mol. The average Bonchev–Trinajstić information content (AvgIpc) is 2.68. The topological polar surface area (TPSA) is 111 Å². The highest BCUT2D eigenvalue weighted by atomic mass is 32.2. The maximum atomic E-state index is 12.5. The summed E-state index contributed by atoms with van der Waals surface area (Å²) in [7, 11) is -2.17. The van der Waals surface area contributed by atoms with E-state index < -0.39 is 16.1 Å². The third-order valence-corrected chi connectivity index (χ3v) is 4.95. The number of anilines is 1. The number of hydrogen-bond acceptors (Lipinski definition) is 6. The van der Waals surface area contributed by atoms with E-state index in [-0.39, 0.29) is 36.6 Å². The van der Waals surface area contributed by atoms with Gasteiger partial charge in [-0.25, -0.2) is 13.4 Å². The fourth-order valence-electron chi connectivity index (χ4n) is 2.17. The number of aryl methyl sites for hydroxylation is 1. The zero-order chi connectivity index (χ0) is 14.2. The van der Waals surface area contributed by atoms with Gasteiger partial charge >= 0.3 is 0 Å². The zero-order valence-corrected chi connectivity index (χ0v) is 11.7. The number of aromatic nitrogens is 2. The number of imidazole rings is 1. The largest absolute Gasteiger partial charge is 0.394 e. The van der Waals surface area contributed by atoms with Crippen LogP contribution in [0.2, 0.25) is 0 Å². The molecule has 2 atom stereocenters. The van der Waals surface area contributed by atoms with Crippen molar-refractivity contribution in [1.82, 2.24) is 13.9 Å². The van der Waals surface area contributed by atoms with E-state index in [0.717, 1.165) is 0 Å². The quantitative estimate of drug-likeness (QED) is 0.721. The lowest BCUT2D eigenvalue weighted by molar-refractivity contribution is -0.0751. The number of nitrogens with two attached hydrogens (primary N) is 1. The molecule has 3 N–H and O–H groups in total. The first-order valence-electron chi connectivity index (χ1n) is 5.89. The van der Waals surface area contributed by atoms with Crippen molar-refractivity contribution >= 4 is 15.8 Å². The van der Waals surface area contributed by atoms with E-state index in [1.165, 1.54) is 15.2 Å². The van der Waals surface area contributed by atoms with Crippen LogP contribution in [0.1, 0.15) is 6.92 Å². The van der Waals surface area contributed by atoms with Gasteiger partial charge in [0.25, 0.3) is 10.0 Å². The molecular formula is C10H18N4O4S. The van der Waals surface area contributed by atoms with E-state index in [1.807, 2.05) is 0 Å². The van der Waals surface area contributed by atoms with Crippen molar-refractivity contribution in [2.75, 3.05) is 25.4 Å². The molecule has 0 aliphatic carbocycles. The molecule has 9 heteroatoms. The first kappa shape index (κ1) is 14.3. The lowest BCUT2D eigenvalue weighted by Crippen LogP contribution is -2.50. The molecule has 1 aliphatic rings. The number of nitrogen functional groups attached to an aromatic ring is 1. The highest BCUT2D eigenvalue weighted by molar-refractivity contribution is 7.89. The Labute approximate surface area is 111 Å². The number of sulfonamides is 1. The Morgan fingerprint density at radius 3 is 2.79 bits per heavy atom. The summed E-state index contributed by atoms with van der Waals surface area (Å²) >= 11 is 0. The highest BCUT2D eigenvalue weighted by Gasteiger charge is 2.36. The van der Waals surface area contributed by atoms with Crippen LogP contribution in [0.15, 0.2) is 11.4 Å². The summed E-state index contributed by atoms with van der Waals surface area (Å²) in [6.07, 6.45) is 0.554. The molecule has 2 rings (SSSR count). The van der Waals surface area contributed by atoms with Crippen LogP contribution >= 0.6 is 0 Å². The van der Waals surface area contributed by atoms with Crippen molar-refractivity contribution in [1.29, 1.82) is 0 Å². The zero-order valence-electron chi connectivity index (χ0n) is 10.9. The Kier molecular flexibility index (Phi) is 3.81. The molecule has 8 nitrogen and oxygen atoms in total. The van der Waals surface area contributed by atoms with Gasteiger partial charge in [-0.3, -0.25) is 0 Å². The number of ether oxygens (including phenoxy) is 1. The summed E-state index contributed by atoms with van der Waals surface area (Å²) in [5.41, 5.74) is 5.62. The molecule has 19 heavy (non-hydrogen) atoms. The summed E-state index contributed by atoms with van der Waals surface area (Å²) in [5.74, 6) is -0.0257. The number of aliphatic hydroxyl groups excluding tert-OH is 1. The lowest BCUT2D eigenvalue weighted by Gasteiger charge is -2.35. The summed E-state index contributed by atoms with van der Waals surface area (Å²) in [4.78, 5) is 3.79. The molecule has 2 heterocycles. The predicted molar refractivity (Wildman–Crippen MR) is 67.8 cm³/mol. The van der Waals surface area contributed by atoms with E-state index >= 15 is 0 Å². The van der Waals surface area contributed by atoms with Crippen LogP contribution in [-0.2, 0) is 21.8 Å². The van der Waals surface area contributed by atoms with Crippen LogP contribution in [0.5, 0.6) is 0 Å². The van der Waals surface area contributed by atoms with E-state index in [0.29, 0.717) is 0 Å². The van der Waals surface area contributed by atoms with Gasteiger partial charge < -0.3 is 20.1 Å². The minimum atomic E-state index is -3.74. The molecule has 1 saturated heterocycles. The number of morpholine rings is 1. The minimum absolute atomic E-state index is 0.0257. The van der Waals surface area contributed by atoms with Crippen LogP contribution in [0.4, 0.5) is 5.82 Å². The molecule has 1 fully saturated rings. The minimum Gasteiger partial charge on any atom is -0.394 e. The smallest absolute Gasteiger partial charge is 0.262 e. The maximum Gasteiger partial charge on any atom is 0.262 e. The van der Waals surface area contributed by atoms with Crippen LogP contribution < -0.4 is 5.73 Å². The Balaban J connectivity index is 2.34. The Hall–Kier alpha value is -1.16. The van der Waals surface area contributed by atoms with Crippen molar-refractivity contribution < 1.29 is 18.3 Å². The number of aliphatic hydroxyl groups is 1. The van der Waals surface area contributed by atoms with Crippen molar-refractivity contribution in [3.63, 3.8) is 0 Å². The number of nitrogens with zero attached hydrogens (tertiary/aromatic N) is 3. The lowest BCUT2D eigenvalue weighted by atomic mass is 10.2. The second-order valence-electron chi connectivity index (χ2n) is 4.62. The molecule has 0 spiro atoms. The van der Waals surface area contributed by atoms with E-state index in [9.17, 15) is 8.42 Å². The van der Waals surface area contributed by atoms with Crippen LogP contribution in [0.25, 0.3) is 0 Å². The second-order valence-corrected chi connectivity index (χ2v) is 6.47. The average molecular weight is 290 g/mol. The number of rotatable bonds is 3. The molecule has 2 unspecified atom stereocenters. The van der Waals surface area contributed by atoms with Gasteiger partial charge in [-0.15, -0.1) is 0 Å². The van der Waals surface area contributed by atoms with Crippen LogP contribution in [0, 0.1) is 0 Å². The van der Waals surface area contributed by atoms with Gasteiger partial charge in [0.05, 0.1) is 25.1 Å². The predicted octanol–water partition coefficient (Wildman–Crippen LogP) is -1.23. The molecule has 1 aromatic rings. The van der Waals surface area contributed by atoms with E-state index in [1.54, 1.807) is 14.0 Å². The van der Waals surface area contributed by atoms with Gasteiger partial charge in [0.2, 0.25) is 0 Å². The molecule has 1 aromatic heterocycles. The Morgan fingerprint density at radius 2 is 2.26 bits per heavy atom. The van der Waals surface area contributed by atoms with Gasteiger partial charge in [0.15, 0.2) is 10.8 Å². The first-order valence-corrected chi connectivity index (χ1v) is 7.33. The fourth-order valence-corrected chi connectivity index (χ4v) is 3.91. The van der Waals surface area contributed by atoms with Gasteiger partial charge in [0.1, 0.15) is 0 Å². The molecule has 1 aliphatic heterocycles. The van der Waals surface area contributed by atoms with Gasteiger partial charge in [-0.05, 0) is 6.92 Å². The van der Waals surface area contributed by atoms with E-state index in [4.69, 9.17) is 15.6 Å². The third kappa shape index (κ3) is 2.59. The molecule has 108 valence electrons. The molecule has 0 radical (unpaired) electrons. The Morgan fingerprint density at radius 1 is 1.58 bits per heavy atom. The standard InChI is InChI=1S/C10H18N4O4S/c1-7-3-14(4-8(5-15)18-7)19(16,17)10-9(11)12-6-13(10)2/h6-8,15H,3-5,11H2,1-2H3. The molecule has 0 amide bonds. The summed E-state index contributed by atoms with van der Waals surface area (Å²) < 4.78 is 33.2. The molecule has 0 saturated carbocycles. The summed E-state index contributed by atoms with van der Waals surface area (Å²) in [6, 6.07) is 0. The van der Waals surface area contributed by atoms with Gasteiger partial charge in [-0.2, -0.15) is 4.31 Å². The molecule has 0 bridgehead atoms. The summed E-state index contributed by atoms with van der Waals surface area (Å²) in [6.45, 7) is 1.87. The van der Waals surface area contributed by atoms with Crippen molar-refractivity contribution in [2.45, 2.75) is 24.2 Å². The van der Waals surface area contributed by atoms with Crippen molar-refractivity contribution in [3.05, 3.63) is 6.33 Å². The highest BCUT2D eigenvalue weighted by Crippen LogP contribution is 2.24. The van der Waals surface area contributed by atoms with E-state index in [2.05, 4.69) is 4.98 Å². The van der Waals surface area contributed by atoms with Crippen molar-refractivity contribution in [2.24, 2.45) is 7.05 Å².